The van der Waals surface area contributed by atoms with Crippen molar-refractivity contribution >= 4 is 12.1 Å². The molecular weight excluding hydrogens is 759 g/mol. The van der Waals surface area contributed by atoms with Crippen LogP contribution in [0, 0.1) is 0 Å². The number of methoxy groups -OCH3 is 1. The lowest BCUT2D eigenvalue weighted by Crippen LogP contribution is -2.42. The van der Waals surface area contributed by atoms with E-state index in [-0.39, 0.29) is 84.8 Å². The minimum atomic E-state index is -0.590. The van der Waals surface area contributed by atoms with Crippen molar-refractivity contribution in [2.24, 2.45) is 11.5 Å². The number of nitrogens with one attached hydrogen (secondary N) is 1. The molecule has 0 aromatic heterocycles. The molecule has 11 heteroatoms. The summed E-state index contributed by atoms with van der Waals surface area (Å²) in [6.45, 7) is 7.75. The van der Waals surface area contributed by atoms with Crippen molar-refractivity contribution in [3.63, 3.8) is 0 Å². The summed E-state index contributed by atoms with van der Waals surface area (Å²) in [5, 5.41) is 2.98. The molecule has 0 aliphatic heterocycles. The highest BCUT2D eigenvalue weighted by Gasteiger charge is 2.29. The Morgan fingerprint density at radius 3 is 1.35 bits per heavy atom. The van der Waals surface area contributed by atoms with E-state index < -0.39 is 6.16 Å². The molecule has 5 N–H and O–H groups in total. The Morgan fingerprint density at radius 1 is 0.617 bits per heavy atom. The molecule has 0 bridgehead atoms. The maximum absolute atomic E-state index is 11.5. The smallest absolute Gasteiger partial charge is 0.435 e. The Hall–Kier alpha value is -3.84. The molecule has 6 rings (SSSR count). The molecule has 0 radical (unpaired) electrons. The molecule has 2 unspecified atom stereocenters. The van der Waals surface area contributed by atoms with E-state index in [2.05, 4.69) is 39.1 Å². The quantitative estimate of drug-likeness (QED) is 0.134. The van der Waals surface area contributed by atoms with Gasteiger partial charge in [0.05, 0.1) is 56.9 Å². The molecule has 3 aliphatic carbocycles. The molecule has 0 spiro atoms. The van der Waals surface area contributed by atoms with Crippen molar-refractivity contribution in [2.45, 2.75) is 171 Å². The Bertz CT molecular complexity index is 1390. The van der Waals surface area contributed by atoms with Crippen LogP contribution in [0.3, 0.4) is 0 Å². The molecule has 3 saturated carbocycles. The summed E-state index contributed by atoms with van der Waals surface area (Å²) in [6.07, 6.45) is 9.93. The van der Waals surface area contributed by atoms with Gasteiger partial charge in [0.1, 0.15) is 6.61 Å². The molecule has 6 atom stereocenters. The summed E-state index contributed by atoms with van der Waals surface area (Å²) in [5.74, 6) is -0.0669. The van der Waals surface area contributed by atoms with Gasteiger partial charge in [0, 0.05) is 19.2 Å². The number of rotatable bonds is 14. The van der Waals surface area contributed by atoms with E-state index in [1.54, 1.807) is 20.8 Å². The van der Waals surface area contributed by atoms with Crippen LogP contribution in [0.15, 0.2) is 91.0 Å². The van der Waals surface area contributed by atoms with E-state index >= 15 is 0 Å². The lowest BCUT2D eigenvalue weighted by atomic mass is 10.2. The lowest BCUT2D eigenvalue weighted by molar-refractivity contribution is -0.126. The van der Waals surface area contributed by atoms with Crippen LogP contribution in [0.4, 0.5) is 4.79 Å². The van der Waals surface area contributed by atoms with Crippen LogP contribution >= 0.6 is 0 Å². The number of carbonyl (C=O) groups excluding carboxylic acids is 2. The number of nitrogens with two attached hydrogens (primary N) is 2. The molecule has 1 amide bonds. The van der Waals surface area contributed by atoms with Crippen LogP contribution in [0.25, 0.3) is 0 Å². The fourth-order valence-electron chi connectivity index (χ4n) is 6.67. The Kier molecular flexibility index (Phi) is 33.8. The fraction of sp³-hybridized carbons (Fsp3) is 0.592. The van der Waals surface area contributed by atoms with E-state index in [1.165, 1.54) is 31.1 Å². The van der Waals surface area contributed by atoms with Crippen molar-refractivity contribution < 1.29 is 38.0 Å². The van der Waals surface area contributed by atoms with E-state index in [9.17, 15) is 9.59 Å². The third-order valence-corrected chi connectivity index (χ3v) is 9.60. The third-order valence-electron chi connectivity index (χ3n) is 9.60. The number of hydrogen-bond acceptors (Lipinski definition) is 10. The van der Waals surface area contributed by atoms with Crippen molar-refractivity contribution in [3.05, 3.63) is 108 Å². The van der Waals surface area contributed by atoms with Crippen molar-refractivity contribution in [1.29, 1.82) is 0 Å². The summed E-state index contributed by atoms with van der Waals surface area (Å²) in [5.41, 5.74) is 15.5. The second-order valence-electron chi connectivity index (χ2n) is 14.6. The largest absolute Gasteiger partial charge is 0.508 e. The Balaban J connectivity index is 0. The number of benzene rings is 3. The van der Waals surface area contributed by atoms with Crippen LogP contribution < -0.4 is 16.8 Å². The average molecular weight is 842 g/mol. The third kappa shape index (κ3) is 24.4. The summed E-state index contributed by atoms with van der Waals surface area (Å²) in [7, 11) is 1.53. The SMILES string of the molecule is C.C.C.C.CCOC(=O)OC(C)C.COCC(=O)N[C@@H]1CCC[C@H]1OCc1ccccc1.NC1CCCC1OCc1ccccc1.N[C@H]1CCC[C@@H]1OCc1ccccc1. The first-order valence-corrected chi connectivity index (χ1v) is 20.3. The summed E-state index contributed by atoms with van der Waals surface area (Å²) >= 11 is 0. The predicted molar refractivity (Wildman–Crippen MR) is 247 cm³/mol. The minimum Gasteiger partial charge on any atom is -0.435 e. The van der Waals surface area contributed by atoms with Gasteiger partial charge >= 0.3 is 6.16 Å². The summed E-state index contributed by atoms with van der Waals surface area (Å²) < 4.78 is 31.4. The van der Waals surface area contributed by atoms with Crippen LogP contribution in [0.2, 0.25) is 0 Å². The van der Waals surface area contributed by atoms with Gasteiger partial charge in [0.25, 0.3) is 0 Å². The zero-order valence-corrected chi connectivity index (χ0v) is 34.0. The molecule has 3 aromatic rings. The minimum absolute atomic E-state index is 0. The first-order valence-electron chi connectivity index (χ1n) is 20.3. The van der Waals surface area contributed by atoms with Crippen LogP contribution in [0.5, 0.6) is 0 Å². The zero-order valence-electron chi connectivity index (χ0n) is 34.0. The Morgan fingerprint density at radius 2 is 1.00 bits per heavy atom. The summed E-state index contributed by atoms with van der Waals surface area (Å²) in [4.78, 5) is 21.9. The standard InChI is InChI=1S/C15H21NO3.2C12H17NO.C6H12O3.4CH4/c1-18-11-15(17)16-13-8-5-9-14(13)19-10-12-6-3-2-4-7-12;2*13-11-7-4-8-12(11)14-9-10-5-2-1-3-6-10;1-4-8-6(7)9-5(2)3;;;;/h2-4,6-7,13-14H,5,8-11H2,1H3,(H,16,17);2*1-3,5-6,11-12H,4,7-9,13H2;5H,4H2,1-3H3;4*1H4/t13-,14-;11-,12-;;;;;;/m10....../s1. The van der Waals surface area contributed by atoms with Gasteiger partial charge < -0.3 is 45.2 Å². The highest BCUT2D eigenvalue weighted by molar-refractivity contribution is 5.77. The Labute approximate surface area is 364 Å². The molecular formula is C49H83N3O8. The van der Waals surface area contributed by atoms with Gasteiger partial charge in [-0.15, -0.1) is 0 Å². The van der Waals surface area contributed by atoms with E-state index in [0.29, 0.717) is 26.4 Å². The molecule has 0 saturated heterocycles. The first kappa shape index (κ1) is 58.3. The molecule has 0 heterocycles. The van der Waals surface area contributed by atoms with Gasteiger partial charge in [-0.2, -0.15) is 0 Å². The van der Waals surface area contributed by atoms with Gasteiger partial charge in [-0.25, -0.2) is 4.79 Å². The second-order valence-corrected chi connectivity index (χ2v) is 14.6. The number of hydrogen-bond donors (Lipinski definition) is 3. The first-order chi connectivity index (χ1) is 27.2. The average Bonchev–Trinajstić information content (AvgIpc) is 3.95. The van der Waals surface area contributed by atoms with E-state index in [0.717, 1.165) is 50.5 Å². The maximum atomic E-state index is 11.5. The summed E-state index contributed by atoms with van der Waals surface area (Å²) in [6, 6.07) is 31.2. The molecule has 342 valence electrons. The number of ether oxygens (including phenoxy) is 6. The molecule has 3 aliphatic rings. The van der Waals surface area contributed by atoms with Crippen molar-refractivity contribution in [1.82, 2.24) is 5.32 Å². The predicted octanol–water partition coefficient (Wildman–Crippen LogP) is 10.2. The van der Waals surface area contributed by atoms with Gasteiger partial charge in [-0.3, -0.25) is 4.79 Å². The highest BCUT2D eigenvalue weighted by Crippen LogP contribution is 2.24. The zero-order chi connectivity index (χ0) is 40.4. The van der Waals surface area contributed by atoms with Gasteiger partial charge in [0.15, 0.2) is 0 Å². The fourth-order valence-corrected chi connectivity index (χ4v) is 6.67. The van der Waals surface area contributed by atoms with Crippen LogP contribution in [0.1, 0.15) is 125 Å². The number of amides is 1. The van der Waals surface area contributed by atoms with Crippen molar-refractivity contribution in [3.8, 4) is 0 Å². The van der Waals surface area contributed by atoms with E-state index in [1.807, 2.05) is 66.7 Å². The number of carbonyl (C=O) groups is 2. The van der Waals surface area contributed by atoms with Gasteiger partial charge in [-0.1, -0.05) is 121 Å². The van der Waals surface area contributed by atoms with Crippen LogP contribution in [-0.4, -0.2) is 74.9 Å². The van der Waals surface area contributed by atoms with Crippen molar-refractivity contribution in [2.75, 3.05) is 20.3 Å². The second kappa shape index (κ2) is 34.8. The van der Waals surface area contributed by atoms with Crippen LogP contribution in [-0.2, 0) is 53.0 Å². The topological polar surface area (TPSA) is 154 Å². The molecule has 3 fully saturated rings. The molecule has 60 heavy (non-hydrogen) atoms. The maximum Gasteiger partial charge on any atom is 0.508 e. The highest BCUT2D eigenvalue weighted by atomic mass is 16.7. The van der Waals surface area contributed by atoms with E-state index in [4.69, 9.17) is 30.4 Å². The van der Waals surface area contributed by atoms with Gasteiger partial charge in [0.2, 0.25) is 5.91 Å². The lowest BCUT2D eigenvalue weighted by Gasteiger charge is -2.21. The van der Waals surface area contributed by atoms with Gasteiger partial charge in [-0.05, 0) is 95.2 Å². The molecule has 11 nitrogen and oxygen atoms in total. The molecule has 3 aromatic carbocycles. The normalized spacial score (nSPS) is 20.9. The monoisotopic (exact) mass is 842 g/mol.